The van der Waals surface area contributed by atoms with Gasteiger partial charge in [-0.1, -0.05) is 13.0 Å². The summed E-state index contributed by atoms with van der Waals surface area (Å²) < 4.78 is 5.57. The van der Waals surface area contributed by atoms with Crippen molar-refractivity contribution in [3.8, 4) is 0 Å². The van der Waals surface area contributed by atoms with E-state index in [4.69, 9.17) is 4.74 Å². The van der Waals surface area contributed by atoms with E-state index in [1.54, 1.807) is 0 Å². The van der Waals surface area contributed by atoms with Crippen LogP contribution in [-0.2, 0) is 4.74 Å². The van der Waals surface area contributed by atoms with Gasteiger partial charge in [0.2, 0.25) is 0 Å². The molecule has 0 aromatic heterocycles. The van der Waals surface area contributed by atoms with Gasteiger partial charge in [-0.15, -0.1) is 0 Å². The van der Waals surface area contributed by atoms with E-state index in [0.717, 1.165) is 18.1 Å². The standard InChI is InChI=1S/C9H14O/c1-7-6-8-4-2-3-5-9(8)10-7/h8-9H,1-6H2. The molecule has 1 aliphatic heterocycles. The number of allylic oxidation sites excluding steroid dienone is 1. The molecule has 0 radical (unpaired) electrons. The highest BCUT2D eigenvalue weighted by atomic mass is 16.5. The molecule has 0 N–H and O–H groups in total. The molecule has 1 saturated heterocycles. The Labute approximate surface area is 62.1 Å². The van der Waals surface area contributed by atoms with Crippen LogP contribution in [0.2, 0.25) is 0 Å². The van der Waals surface area contributed by atoms with Crippen molar-refractivity contribution in [3.05, 3.63) is 12.3 Å². The minimum absolute atomic E-state index is 0.543. The predicted molar refractivity (Wildman–Crippen MR) is 40.6 cm³/mol. The fourth-order valence-electron chi connectivity index (χ4n) is 2.12. The molecule has 2 unspecified atom stereocenters. The molecule has 0 aromatic rings. The van der Waals surface area contributed by atoms with Crippen LogP contribution in [-0.4, -0.2) is 6.10 Å². The van der Waals surface area contributed by atoms with E-state index in [1.807, 2.05) is 0 Å². The molecule has 2 atom stereocenters. The molecular formula is C9H14O. The molecule has 2 rings (SSSR count). The first-order valence-electron chi connectivity index (χ1n) is 4.21. The van der Waals surface area contributed by atoms with Crippen LogP contribution < -0.4 is 0 Å². The molecule has 2 aliphatic rings. The second-order valence-electron chi connectivity index (χ2n) is 3.44. The normalized spacial score (nSPS) is 39.0. The van der Waals surface area contributed by atoms with E-state index in [2.05, 4.69) is 6.58 Å². The lowest BCUT2D eigenvalue weighted by atomic mass is 9.86. The van der Waals surface area contributed by atoms with Crippen molar-refractivity contribution in [3.63, 3.8) is 0 Å². The van der Waals surface area contributed by atoms with Gasteiger partial charge in [0.15, 0.2) is 0 Å². The van der Waals surface area contributed by atoms with E-state index in [9.17, 15) is 0 Å². The molecule has 1 heterocycles. The maximum atomic E-state index is 5.57. The lowest BCUT2D eigenvalue weighted by Crippen LogP contribution is -2.19. The number of hydrogen-bond acceptors (Lipinski definition) is 1. The van der Waals surface area contributed by atoms with Gasteiger partial charge in [0.1, 0.15) is 6.10 Å². The van der Waals surface area contributed by atoms with E-state index in [0.29, 0.717) is 6.10 Å². The molecule has 56 valence electrons. The van der Waals surface area contributed by atoms with Crippen molar-refractivity contribution in [2.45, 2.75) is 38.2 Å². The van der Waals surface area contributed by atoms with Crippen molar-refractivity contribution in [2.75, 3.05) is 0 Å². The molecule has 1 saturated carbocycles. The van der Waals surface area contributed by atoms with Crippen LogP contribution in [0.25, 0.3) is 0 Å². The Balaban J connectivity index is 2.04. The minimum Gasteiger partial charge on any atom is -0.495 e. The number of hydrogen-bond donors (Lipinski definition) is 0. The Morgan fingerprint density at radius 3 is 2.90 bits per heavy atom. The van der Waals surface area contributed by atoms with Crippen LogP contribution in [0, 0.1) is 5.92 Å². The van der Waals surface area contributed by atoms with Crippen LogP contribution in [0.4, 0.5) is 0 Å². The molecule has 0 aromatic carbocycles. The minimum atomic E-state index is 0.543. The molecule has 10 heavy (non-hydrogen) atoms. The highest BCUT2D eigenvalue weighted by molar-refractivity contribution is 4.97. The quantitative estimate of drug-likeness (QED) is 0.499. The maximum absolute atomic E-state index is 5.57. The third-order valence-electron chi connectivity index (χ3n) is 2.65. The number of ether oxygens (including phenoxy) is 1. The van der Waals surface area contributed by atoms with Crippen molar-refractivity contribution in [1.29, 1.82) is 0 Å². The summed E-state index contributed by atoms with van der Waals surface area (Å²) in [7, 11) is 0. The fraction of sp³-hybridized carbons (Fsp3) is 0.778. The summed E-state index contributed by atoms with van der Waals surface area (Å²) in [6.45, 7) is 3.86. The molecule has 1 heteroatoms. The van der Waals surface area contributed by atoms with E-state index >= 15 is 0 Å². The monoisotopic (exact) mass is 138 g/mol. The fourth-order valence-corrected chi connectivity index (χ4v) is 2.12. The largest absolute Gasteiger partial charge is 0.495 e. The van der Waals surface area contributed by atoms with Crippen LogP contribution in [0.5, 0.6) is 0 Å². The second-order valence-corrected chi connectivity index (χ2v) is 3.44. The summed E-state index contributed by atoms with van der Waals surface area (Å²) in [4.78, 5) is 0. The second kappa shape index (κ2) is 2.30. The summed E-state index contributed by atoms with van der Waals surface area (Å²) in [5, 5.41) is 0. The third kappa shape index (κ3) is 0.938. The first kappa shape index (κ1) is 6.26. The Morgan fingerprint density at radius 1 is 1.30 bits per heavy atom. The summed E-state index contributed by atoms with van der Waals surface area (Å²) in [5.41, 5.74) is 0. The third-order valence-corrected chi connectivity index (χ3v) is 2.65. The van der Waals surface area contributed by atoms with Gasteiger partial charge in [0.25, 0.3) is 0 Å². The average molecular weight is 138 g/mol. The summed E-state index contributed by atoms with van der Waals surface area (Å²) in [6, 6.07) is 0. The lowest BCUT2D eigenvalue weighted by Gasteiger charge is -2.22. The van der Waals surface area contributed by atoms with E-state index in [1.165, 1.54) is 25.7 Å². The molecule has 1 nitrogen and oxygen atoms in total. The Kier molecular flexibility index (Phi) is 1.44. The Hall–Kier alpha value is -0.460. The lowest BCUT2D eigenvalue weighted by molar-refractivity contribution is 0.0984. The summed E-state index contributed by atoms with van der Waals surface area (Å²) in [5.74, 6) is 1.85. The topological polar surface area (TPSA) is 9.23 Å². The van der Waals surface area contributed by atoms with E-state index in [-0.39, 0.29) is 0 Å². The van der Waals surface area contributed by atoms with Gasteiger partial charge in [0.05, 0.1) is 5.76 Å². The van der Waals surface area contributed by atoms with E-state index < -0.39 is 0 Å². The smallest absolute Gasteiger partial charge is 0.101 e. The molecule has 2 fully saturated rings. The van der Waals surface area contributed by atoms with Gasteiger partial charge in [-0.2, -0.15) is 0 Å². The Morgan fingerprint density at radius 2 is 2.10 bits per heavy atom. The van der Waals surface area contributed by atoms with Gasteiger partial charge in [-0.3, -0.25) is 0 Å². The van der Waals surface area contributed by atoms with Crippen molar-refractivity contribution >= 4 is 0 Å². The van der Waals surface area contributed by atoms with Gasteiger partial charge in [0, 0.05) is 12.3 Å². The van der Waals surface area contributed by atoms with Gasteiger partial charge in [-0.05, 0) is 19.3 Å². The zero-order valence-corrected chi connectivity index (χ0v) is 6.31. The zero-order valence-electron chi connectivity index (χ0n) is 6.31. The highest BCUT2D eigenvalue weighted by Crippen LogP contribution is 2.38. The van der Waals surface area contributed by atoms with Gasteiger partial charge < -0.3 is 4.74 Å². The average Bonchev–Trinajstić information content (AvgIpc) is 2.27. The molecular weight excluding hydrogens is 124 g/mol. The number of rotatable bonds is 0. The highest BCUT2D eigenvalue weighted by Gasteiger charge is 2.32. The van der Waals surface area contributed by atoms with Crippen molar-refractivity contribution in [2.24, 2.45) is 5.92 Å². The van der Waals surface area contributed by atoms with Gasteiger partial charge in [-0.25, -0.2) is 0 Å². The first-order chi connectivity index (χ1) is 4.86. The van der Waals surface area contributed by atoms with Crippen molar-refractivity contribution in [1.82, 2.24) is 0 Å². The molecule has 0 bridgehead atoms. The van der Waals surface area contributed by atoms with Gasteiger partial charge >= 0.3 is 0 Å². The predicted octanol–water partition coefficient (Wildman–Crippen LogP) is 2.48. The maximum Gasteiger partial charge on any atom is 0.101 e. The van der Waals surface area contributed by atoms with Crippen LogP contribution in [0.15, 0.2) is 12.3 Å². The first-order valence-corrected chi connectivity index (χ1v) is 4.21. The molecule has 1 aliphatic carbocycles. The Bertz CT molecular complexity index is 135. The SMILES string of the molecule is C=C1CC2CCCCC2O1. The molecule has 0 spiro atoms. The summed E-state index contributed by atoms with van der Waals surface area (Å²) in [6.07, 6.45) is 7.06. The van der Waals surface area contributed by atoms with Crippen LogP contribution >= 0.6 is 0 Å². The summed E-state index contributed by atoms with van der Waals surface area (Å²) >= 11 is 0. The van der Waals surface area contributed by atoms with Crippen LogP contribution in [0.1, 0.15) is 32.1 Å². The number of fused-ring (bicyclic) bond motifs is 1. The zero-order chi connectivity index (χ0) is 6.97. The van der Waals surface area contributed by atoms with Crippen LogP contribution in [0.3, 0.4) is 0 Å². The van der Waals surface area contributed by atoms with Crippen molar-refractivity contribution < 1.29 is 4.74 Å². The molecule has 0 amide bonds.